The number of aromatic nitrogens is 2. The second kappa shape index (κ2) is 9.79. The van der Waals surface area contributed by atoms with Crippen LogP contribution in [0.2, 0.25) is 0 Å². The highest BCUT2D eigenvalue weighted by Crippen LogP contribution is 2.27. The maximum atomic E-state index is 12.8. The van der Waals surface area contributed by atoms with E-state index in [4.69, 9.17) is 9.72 Å². The van der Waals surface area contributed by atoms with Gasteiger partial charge in [-0.1, -0.05) is 12.1 Å². The molecule has 4 rings (SSSR count). The van der Waals surface area contributed by atoms with Crippen LogP contribution in [0.25, 0.3) is 22.4 Å². The second-order valence-electron chi connectivity index (χ2n) is 8.03. The van der Waals surface area contributed by atoms with E-state index in [1.165, 1.54) is 19.2 Å². The number of amides is 1. The van der Waals surface area contributed by atoms with E-state index >= 15 is 0 Å². The molecule has 0 saturated carbocycles. The molecule has 1 heterocycles. The Labute approximate surface area is 205 Å². The van der Waals surface area contributed by atoms with Crippen LogP contribution in [0.3, 0.4) is 0 Å². The summed E-state index contributed by atoms with van der Waals surface area (Å²) in [5, 5.41) is 0. The van der Waals surface area contributed by atoms with Crippen LogP contribution in [0.4, 0.5) is 5.69 Å². The molecule has 4 aromatic rings. The lowest BCUT2D eigenvalue weighted by atomic mass is 10.1. The van der Waals surface area contributed by atoms with Crippen LogP contribution in [0, 0.1) is 0 Å². The summed E-state index contributed by atoms with van der Waals surface area (Å²) in [7, 11) is -0.333. The van der Waals surface area contributed by atoms with Gasteiger partial charge in [0, 0.05) is 31.3 Å². The molecule has 0 spiro atoms. The smallest absolute Gasteiger partial charge is 0.261 e. The first kappa shape index (κ1) is 24.3. The Hall–Kier alpha value is -3.85. The molecule has 8 nitrogen and oxygen atoms in total. The average Bonchev–Trinajstić information content (AvgIpc) is 3.20. The maximum Gasteiger partial charge on any atom is 0.261 e. The summed E-state index contributed by atoms with van der Waals surface area (Å²) in [5.74, 6) is 1.30. The van der Waals surface area contributed by atoms with Gasteiger partial charge < -0.3 is 14.2 Å². The Kier molecular flexibility index (Phi) is 6.79. The average molecular weight is 493 g/mol. The minimum absolute atomic E-state index is 0.000312. The topological polar surface area (TPSA) is 93.5 Å². The van der Waals surface area contributed by atoms with E-state index in [2.05, 4.69) is 4.72 Å². The molecule has 1 N–H and O–H groups in total. The van der Waals surface area contributed by atoms with Crippen molar-refractivity contribution < 1.29 is 17.9 Å². The first-order valence-electron chi connectivity index (χ1n) is 11.3. The van der Waals surface area contributed by atoms with Gasteiger partial charge in [0.15, 0.2) is 0 Å². The molecular weight excluding hydrogens is 464 g/mol. The van der Waals surface area contributed by atoms with E-state index < -0.39 is 10.0 Å². The number of hydrogen-bond donors (Lipinski definition) is 1. The summed E-state index contributed by atoms with van der Waals surface area (Å²) >= 11 is 0. The lowest BCUT2D eigenvalue weighted by molar-refractivity contribution is 0.0773. The minimum atomic E-state index is -3.76. The number of imidazole rings is 1. The quantitative estimate of drug-likeness (QED) is 0.390. The number of fused-ring (bicyclic) bond motifs is 1. The molecule has 1 aromatic heterocycles. The second-order valence-corrected chi connectivity index (χ2v) is 9.72. The highest BCUT2D eigenvalue weighted by atomic mass is 32.2. The van der Waals surface area contributed by atoms with Crippen LogP contribution in [-0.4, -0.2) is 49.0 Å². The standard InChI is InChI=1S/C26H28N4O4S/c1-5-30(6-2)26(31)19-9-7-18(8-10-19)25-27-23-17-20(11-16-24(23)29(25)3)28-35(32,33)22-14-12-21(34-4)13-15-22/h7-17,28H,5-6H2,1-4H3. The molecule has 0 aliphatic rings. The number of hydrogen-bond acceptors (Lipinski definition) is 5. The Morgan fingerprint density at radius 1 is 1.00 bits per heavy atom. The molecule has 0 radical (unpaired) electrons. The van der Waals surface area contributed by atoms with Gasteiger partial charge in [0.2, 0.25) is 0 Å². The van der Waals surface area contributed by atoms with Gasteiger partial charge in [0.25, 0.3) is 15.9 Å². The van der Waals surface area contributed by atoms with E-state index in [9.17, 15) is 13.2 Å². The van der Waals surface area contributed by atoms with E-state index in [0.29, 0.717) is 35.6 Å². The zero-order valence-electron chi connectivity index (χ0n) is 20.1. The summed E-state index contributed by atoms with van der Waals surface area (Å²) in [4.78, 5) is 19.2. The molecule has 3 aromatic carbocycles. The van der Waals surface area contributed by atoms with Crippen LogP contribution >= 0.6 is 0 Å². The van der Waals surface area contributed by atoms with Crippen molar-refractivity contribution >= 4 is 32.7 Å². The first-order valence-corrected chi connectivity index (χ1v) is 12.8. The van der Waals surface area contributed by atoms with Gasteiger partial charge in [-0.15, -0.1) is 0 Å². The summed E-state index contributed by atoms with van der Waals surface area (Å²) in [6.45, 7) is 5.24. The van der Waals surface area contributed by atoms with Crippen LogP contribution in [0.5, 0.6) is 5.75 Å². The van der Waals surface area contributed by atoms with Crippen molar-refractivity contribution in [1.82, 2.24) is 14.5 Å². The molecule has 0 fully saturated rings. The van der Waals surface area contributed by atoms with E-state index in [1.807, 2.05) is 55.8 Å². The van der Waals surface area contributed by atoms with Crippen molar-refractivity contribution in [3.63, 3.8) is 0 Å². The molecule has 1 amide bonds. The number of benzene rings is 3. The van der Waals surface area contributed by atoms with Crippen LogP contribution in [0.15, 0.2) is 71.6 Å². The fraction of sp³-hybridized carbons (Fsp3) is 0.231. The third-order valence-corrected chi connectivity index (χ3v) is 7.34. The maximum absolute atomic E-state index is 12.8. The Bertz CT molecular complexity index is 1460. The predicted octanol–water partition coefficient (Wildman–Crippen LogP) is 4.53. The van der Waals surface area contributed by atoms with Crippen molar-refractivity contribution in [1.29, 1.82) is 0 Å². The normalized spacial score (nSPS) is 11.4. The summed E-state index contributed by atoms with van der Waals surface area (Å²) in [6.07, 6.45) is 0. The number of aryl methyl sites for hydroxylation is 1. The number of ether oxygens (including phenoxy) is 1. The summed E-state index contributed by atoms with van der Waals surface area (Å²) < 4.78 is 35.3. The van der Waals surface area contributed by atoms with E-state index in [1.54, 1.807) is 29.2 Å². The number of nitrogens with zero attached hydrogens (tertiary/aromatic N) is 3. The highest BCUT2D eigenvalue weighted by molar-refractivity contribution is 7.92. The molecule has 0 saturated heterocycles. The molecule has 0 bridgehead atoms. The fourth-order valence-corrected chi connectivity index (χ4v) is 5.00. The van der Waals surface area contributed by atoms with Crippen LogP contribution in [-0.2, 0) is 17.1 Å². The zero-order valence-corrected chi connectivity index (χ0v) is 21.0. The van der Waals surface area contributed by atoms with E-state index in [-0.39, 0.29) is 10.8 Å². The molecule has 0 atom stereocenters. The van der Waals surface area contributed by atoms with Crippen LogP contribution < -0.4 is 9.46 Å². The van der Waals surface area contributed by atoms with Gasteiger partial charge in [-0.05, 0) is 68.4 Å². The molecule has 35 heavy (non-hydrogen) atoms. The van der Waals surface area contributed by atoms with Gasteiger partial charge in [-0.25, -0.2) is 13.4 Å². The van der Waals surface area contributed by atoms with Gasteiger partial charge in [0.05, 0.1) is 28.7 Å². The van der Waals surface area contributed by atoms with E-state index in [0.717, 1.165) is 16.9 Å². The molecule has 0 unspecified atom stereocenters. The molecule has 0 aliphatic carbocycles. The number of carbonyl (C=O) groups excluding carboxylic acids is 1. The largest absolute Gasteiger partial charge is 0.497 e. The SMILES string of the molecule is CCN(CC)C(=O)c1ccc(-c2nc3cc(NS(=O)(=O)c4ccc(OC)cc4)ccc3n2C)cc1. The highest BCUT2D eigenvalue weighted by Gasteiger charge is 2.17. The number of sulfonamides is 1. The number of nitrogens with one attached hydrogen (secondary N) is 1. The van der Waals surface area contributed by atoms with Gasteiger partial charge in [-0.3, -0.25) is 9.52 Å². The Balaban J connectivity index is 1.60. The number of methoxy groups -OCH3 is 1. The Morgan fingerprint density at radius 2 is 1.66 bits per heavy atom. The molecule has 182 valence electrons. The molecule has 9 heteroatoms. The number of carbonyl (C=O) groups is 1. The van der Waals surface area contributed by atoms with Crippen LogP contribution in [0.1, 0.15) is 24.2 Å². The fourth-order valence-electron chi connectivity index (χ4n) is 3.95. The summed E-state index contributed by atoms with van der Waals surface area (Å²) in [5.41, 5.74) is 3.42. The molecular formula is C26H28N4O4S. The predicted molar refractivity (Wildman–Crippen MR) is 137 cm³/mol. The minimum Gasteiger partial charge on any atom is -0.497 e. The van der Waals surface area contributed by atoms with Crippen molar-refractivity contribution in [2.24, 2.45) is 7.05 Å². The van der Waals surface area contributed by atoms with Crippen molar-refractivity contribution in [3.8, 4) is 17.1 Å². The third-order valence-electron chi connectivity index (χ3n) is 5.94. The number of anilines is 1. The van der Waals surface area contributed by atoms with Gasteiger partial charge >= 0.3 is 0 Å². The summed E-state index contributed by atoms with van der Waals surface area (Å²) in [6, 6.07) is 18.8. The van der Waals surface area contributed by atoms with Gasteiger partial charge in [0.1, 0.15) is 11.6 Å². The van der Waals surface area contributed by atoms with Gasteiger partial charge in [-0.2, -0.15) is 0 Å². The lowest BCUT2D eigenvalue weighted by Crippen LogP contribution is -2.30. The van der Waals surface area contributed by atoms with Crippen molar-refractivity contribution in [2.75, 3.05) is 24.9 Å². The molecule has 0 aliphatic heterocycles. The Morgan fingerprint density at radius 3 is 2.26 bits per heavy atom. The lowest BCUT2D eigenvalue weighted by Gasteiger charge is -2.18. The number of rotatable bonds is 8. The first-order chi connectivity index (χ1) is 16.8. The van der Waals surface area contributed by atoms with Crippen molar-refractivity contribution in [3.05, 3.63) is 72.3 Å². The van der Waals surface area contributed by atoms with Crippen molar-refractivity contribution in [2.45, 2.75) is 18.7 Å². The zero-order chi connectivity index (χ0) is 25.2. The third kappa shape index (κ3) is 4.85. The monoisotopic (exact) mass is 492 g/mol.